The van der Waals surface area contributed by atoms with Crippen LogP contribution in [0.2, 0.25) is 0 Å². The lowest BCUT2D eigenvalue weighted by Crippen LogP contribution is -2.08. The maximum Gasteiger partial charge on any atom is 0.344 e. The summed E-state index contributed by atoms with van der Waals surface area (Å²) in [5.41, 5.74) is 8.29. The van der Waals surface area contributed by atoms with Gasteiger partial charge >= 0.3 is 5.97 Å². The minimum atomic E-state index is -0.474. The molecule has 0 bridgehead atoms. The van der Waals surface area contributed by atoms with Gasteiger partial charge in [-0.25, -0.2) is 4.79 Å². The van der Waals surface area contributed by atoms with Gasteiger partial charge in [0, 0.05) is 6.54 Å². The van der Waals surface area contributed by atoms with Crippen molar-refractivity contribution in [2.75, 3.05) is 18.2 Å². The number of hydrogen-bond acceptors (Lipinski definition) is 6. The van der Waals surface area contributed by atoms with Crippen LogP contribution in [-0.4, -0.2) is 17.5 Å². The average molecular weight is 277 g/mol. The summed E-state index contributed by atoms with van der Waals surface area (Å²) in [6, 6.07) is 8.13. The van der Waals surface area contributed by atoms with Crippen LogP contribution < -0.4 is 11.1 Å². The van der Waals surface area contributed by atoms with E-state index in [-0.39, 0.29) is 5.82 Å². The first kappa shape index (κ1) is 13.4. The van der Waals surface area contributed by atoms with E-state index in [2.05, 4.69) is 15.8 Å². The van der Waals surface area contributed by atoms with Crippen molar-refractivity contribution in [1.29, 1.82) is 0 Å². The molecule has 0 amide bonds. The van der Waals surface area contributed by atoms with Gasteiger partial charge < -0.3 is 15.8 Å². The van der Waals surface area contributed by atoms with Crippen molar-refractivity contribution in [3.8, 4) is 0 Å². The smallest absolute Gasteiger partial charge is 0.344 e. The molecule has 2 aromatic rings. The molecule has 1 aromatic carbocycles. The summed E-state index contributed by atoms with van der Waals surface area (Å²) in [5, 5.41) is 3.80. The number of ether oxygens (including phenoxy) is 1. The molecule has 1 heterocycles. The summed E-state index contributed by atoms with van der Waals surface area (Å²) < 4.78 is 8.67. The van der Waals surface area contributed by atoms with Crippen LogP contribution in [-0.2, 0) is 11.3 Å². The fourth-order valence-electron chi connectivity index (χ4n) is 1.73. The topological polar surface area (TPSA) is 77.2 Å². The lowest BCUT2D eigenvalue weighted by molar-refractivity contribution is 0.0603. The average Bonchev–Trinajstić information content (AvgIpc) is 2.77. The van der Waals surface area contributed by atoms with E-state index in [0.29, 0.717) is 17.1 Å². The Kier molecular flexibility index (Phi) is 4.01. The molecule has 0 atom stereocenters. The first-order valence-electron chi connectivity index (χ1n) is 5.74. The van der Waals surface area contributed by atoms with E-state index in [0.717, 1.165) is 17.1 Å². The molecule has 3 N–H and O–H groups in total. The van der Waals surface area contributed by atoms with Crippen molar-refractivity contribution in [3.05, 3.63) is 41.0 Å². The van der Waals surface area contributed by atoms with Gasteiger partial charge in [-0.3, -0.25) is 0 Å². The first-order valence-corrected chi connectivity index (χ1v) is 6.52. The highest BCUT2D eigenvalue weighted by molar-refractivity contribution is 7.11. The molecule has 100 valence electrons. The molecular formula is C13H15N3O2S. The summed E-state index contributed by atoms with van der Waals surface area (Å²) >= 11 is 1.16. The molecule has 0 fully saturated rings. The van der Waals surface area contributed by atoms with E-state index >= 15 is 0 Å². The Morgan fingerprint density at radius 2 is 2.32 bits per heavy atom. The number of hydrogen-bond donors (Lipinski definition) is 2. The maximum atomic E-state index is 11.6. The summed E-state index contributed by atoms with van der Waals surface area (Å²) in [7, 11) is 1.32. The molecule has 2 rings (SSSR count). The molecule has 0 spiro atoms. The van der Waals surface area contributed by atoms with Gasteiger partial charge in [0.15, 0.2) is 5.82 Å². The van der Waals surface area contributed by atoms with Gasteiger partial charge in [0.2, 0.25) is 0 Å². The molecule has 1 aromatic heterocycles. The normalized spacial score (nSPS) is 10.2. The van der Waals surface area contributed by atoms with Gasteiger partial charge in [0.05, 0.1) is 7.11 Å². The van der Waals surface area contributed by atoms with E-state index in [1.807, 2.05) is 25.1 Å². The molecule has 0 saturated heterocycles. The van der Waals surface area contributed by atoms with Crippen LogP contribution in [0.15, 0.2) is 24.3 Å². The minimum Gasteiger partial charge on any atom is -0.465 e. The number of aromatic nitrogens is 1. The molecular weight excluding hydrogens is 262 g/mol. The number of benzene rings is 1. The number of methoxy groups -OCH3 is 1. The number of aryl methyl sites for hydroxylation is 1. The second-order valence-electron chi connectivity index (χ2n) is 4.11. The third-order valence-corrected chi connectivity index (χ3v) is 3.46. The fraction of sp³-hybridized carbons (Fsp3) is 0.231. The number of carbonyl (C=O) groups is 1. The number of esters is 1. The third-order valence-electron chi connectivity index (χ3n) is 2.64. The molecule has 0 aliphatic heterocycles. The predicted octanol–water partition coefficient (Wildman–Crippen LogP) is 2.43. The van der Waals surface area contributed by atoms with Crippen molar-refractivity contribution in [2.45, 2.75) is 13.5 Å². The van der Waals surface area contributed by atoms with Crippen molar-refractivity contribution >= 4 is 28.3 Å². The Hall–Kier alpha value is -2.08. The van der Waals surface area contributed by atoms with Crippen LogP contribution in [0.3, 0.4) is 0 Å². The van der Waals surface area contributed by atoms with E-state index in [4.69, 9.17) is 10.5 Å². The molecule has 0 aliphatic carbocycles. The van der Waals surface area contributed by atoms with E-state index in [1.165, 1.54) is 12.7 Å². The van der Waals surface area contributed by atoms with Crippen molar-refractivity contribution in [3.63, 3.8) is 0 Å². The van der Waals surface area contributed by atoms with E-state index in [9.17, 15) is 4.79 Å². The third kappa shape index (κ3) is 3.03. The van der Waals surface area contributed by atoms with Crippen LogP contribution in [0.1, 0.15) is 21.5 Å². The Morgan fingerprint density at radius 1 is 1.53 bits per heavy atom. The molecule has 6 heteroatoms. The Bertz CT molecular complexity index is 595. The van der Waals surface area contributed by atoms with Crippen molar-refractivity contribution < 1.29 is 9.53 Å². The fourth-order valence-corrected chi connectivity index (χ4v) is 2.42. The number of carbonyl (C=O) groups excluding carboxylic acids is 1. The van der Waals surface area contributed by atoms with Gasteiger partial charge in [-0.1, -0.05) is 29.8 Å². The van der Waals surface area contributed by atoms with Crippen LogP contribution >= 0.6 is 11.5 Å². The largest absolute Gasteiger partial charge is 0.465 e. The molecule has 0 saturated carbocycles. The van der Waals surface area contributed by atoms with Gasteiger partial charge in [-0.05, 0) is 24.0 Å². The van der Waals surface area contributed by atoms with Crippen LogP contribution in [0.5, 0.6) is 0 Å². The van der Waals surface area contributed by atoms with Crippen molar-refractivity contribution in [2.24, 2.45) is 0 Å². The zero-order valence-electron chi connectivity index (χ0n) is 10.8. The zero-order valence-corrected chi connectivity index (χ0v) is 11.6. The number of nitrogens with zero attached hydrogens (tertiary/aromatic N) is 1. The van der Waals surface area contributed by atoms with Crippen LogP contribution in [0, 0.1) is 6.92 Å². The standard InChI is InChI=1S/C13H15N3O2S/c1-8-4-3-5-9(6-8)7-15-12-10(13(17)18-2)11(14)16-19-12/h3-6,15H,7H2,1-2H3,(H2,14,16). The van der Waals surface area contributed by atoms with Crippen LogP contribution in [0.25, 0.3) is 0 Å². The van der Waals surface area contributed by atoms with Crippen LogP contribution in [0.4, 0.5) is 10.8 Å². The van der Waals surface area contributed by atoms with Crippen molar-refractivity contribution in [1.82, 2.24) is 4.37 Å². The number of nitrogen functional groups attached to an aromatic ring is 1. The first-order chi connectivity index (χ1) is 9.11. The highest BCUT2D eigenvalue weighted by Gasteiger charge is 2.19. The SMILES string of the molecule is COC(=O)c1c(N)nsc1NCc1cccc(C)c1. The maximum absolute atomic E-state index is 11.6. The predicted molar refractivity (Wildman–Crippen MR) is 76.4 cm³/mol. The number of rotatable bonds is 4. The van der Waals surface area contributed by atoms with E-state index < -0.39 is 5.97 Å². The Morgan fingerprint density at radius 3 is 3.00 bits per heavy atom. The second kappa shape index (κ2) is 5.71. The van der Waals surface area contributed by atoms with Gasteiger partial charge in [0.1, 0.15) is 10.6 Å². The van der Waals surface area contributed by atoms with Gasteiger partial charge in [-0.2, -0.15) is 4.37 Å². The van der Waals surface area contributed by atoms with Gasteiger partial charge in [-0.15, -0.1) is 0 Å². The lowest BCUT2D eigenvalue weighted by Gasteiger charge is -2.06. The molecule has 0 unspecified atom stereocenters. The minimum absolute atomic E-state index is 0.198. The zero-order chi connectivity index (χ0) is 13.8. The van der Waals surface area contributed by atoms with Gasteiger partial charge in [0.25, 0.3) is 0 Å². The molecule has 0 radical (unpaired) electrons. The van der Waals surface area contributed by atoms with E-state index in [1.54, 1.807) is 0 Å². The monoisotopic (exact) mass is 277 g/mol. The molecule has 0 aliphatic rings. The highest BCUT2D eigenvalue weighted by Crippen LogP contribution is 2.27. The second-order valence-corrected chi connectivity index (χ2v) is 4.88. The summed E-state index contributed by atoms with van der Waals surface area (Å²) in [5.74, 6) is -0.276. The molecule has 5 nitrogen and oxygen atoms in total. The molecule has 19 heavy (non-hydrogen) atoms. The summed E-state index contributed by atoms with van der Waals surface area (Å²) in [4.78, 5) is 11.6. The lowest BCUT2D eigenvalue weighted by atomic mass is 10.1. The quantitative estimate of drug-likeness (QED) is 0.839. The Balaban J connectivity index is 2.14. The summed E-state index contributed by atoms with van der Waals surface area (Å²) in [6.07, 6.45) is 0. The number of anilines is 2. The number of nitrogens with two attached hydrogens (primary N) is 1. The highest BCUT2D eigenvalue weighted by atomic mass is 32.1. The Labute approximate surface area is 115 Å². The number of nitrogens with one attached hydrogen (secondary N) is 1. The summed E-state index contributed by atoms with van der Waals surface area (Å²) in [6.45, 7) is 2.64.